The molecular formula is C14H17Cl2N3O2S. The lowest BCUT2D eigenvalue weighted by molar-refractivity contribution is 0.579. The van der Waals surface area contributed by atoms with Crippen molar-refractivity contribution in [2.45, 2.75) is 36.2 Å². The van der Waals surface area contributed by atoms with Gasteiger partial charge >= 0.3 is 0 Å². The highest BCUT2D eigenvalue weighted by atomic mass is 35.5. The van der Waals surface area contributed by atoms with Crippen LogP contribution in [0, 0.1) is 0 Å². The number of sulfone groups is 1. The van der Waals surface area contributed by atoms with E-state index in [1.807, 2.05) is 13.8 Å². The van der Waals surface area contributed by atoms with E-state index in [9.17, 15) is 8.42 Å². The lowest BCUT2D eigenvalue weighted by Gasteiger charge is -2.11. The Balaban J connectivity index is 2.76. The molecular weight excluding hydrogens is 345 g/mol. The van der Waals surface area contributed by atoms with E-state index in [1.54, 1.807) is 7.05 Å². The van der Waals surface area contributed by atoms with Crippen molar-refractivity contribution in [1.29, 1.82) is 0 Å². The Morgan fingerprint density at radius 1 is 1.23 bits per heavy atom. The van der Waals surface area contributed by atoms with Gasteiger partial charge in [-0.1, -0.05) is 37.0 Å². The fourth-order valence-electron chi connectivity index (χ4n) is 2.22. The molecule has 0 aliphatic rings. The normalized spacial score (nSPS) is 12.1. The number of hydrogen-bond donors (Lipinski definition) is 1. The first-order valence-corrected chi connectivity index (χ1v) is 8.89. The summed E-state index contributed by atoms with van der Waals surface area (Å²) in [5, 5.41) is 0.651. The lowest BCUT2D eigenvalue weighted by Crippen LogP contribution is -2.13. The van der Waals surface area contributed by atoms with Crippen LogP contribution in [-0.2, 0) is 23.4 Å². The minimum absolute atomic E-state index is 0.0403. The van der Waals surface area contributed by atoms with E-state index in [2.05, 4.69) is 4.98 Å². The molecule has 0 saturated carbocycles. The Morgan fingerprint density at radius 2 is 1.77 bits per heavy atom. The number of hydrogen-bond acceptors (Lipinski definition) is 4. The molecule has 2 aromatic rings. The average Bonchev–Trinajstić information content (AvgIpc) is 2.75. The SMILES string of the molecule is CC(C)c1nc(CN)n(C)c1S(=O)(=O)c1cc(Cl)cc(Cl)c1. The van der Waals surface area contributed by atoms with Crippen molar-refractivity contribution in [2.24, 2.45) is 12.8 Å². The van der Waals surface area contributed by atoms with Gasteiger partial charge in [-0.15, -0.1) is 0 Å². The van der Waals surface area contributed by atoms with Gasteiger partial charge < -0.3 is 10.3 Å². The molecule has 0 atom stereocenters. The maximum Gasteiger partial charge on any atom is 0.224 e. The number of imidazole rings is 1. The average molecular weight is 362 g/mol. The number of aromatic nitrogens is 2. The van der Waals surface area contributed by atoms with E-state index in [0.29, 0.717) is 11.5 Å². The van der Waals surface area contributed by atoms with Gasteiger partial charge in [-0.25, -0.2) is 13.4 Å². The molecule has 0 unspecified atom stereocenters. The minimum atomic E-state index is -3.80. The summed E-state index contributed by atoms with van der Waals surface area (Å²) in [6.45, 7) is 3.92. The monoisotopic (exact) mass is 361 g/mol. The van der Waals surface area contributed by atoms with Gasteiger partial charge in [-0.3, -0.25) is 0 Å². The van der Waals surface area contributed by atoms with Crippen LogP contribution in [0.2, 0.25) is 10.0 Å². The van der Waals surface area contributed by atoms with Crippen LogP contribution in [0.4, 0.5) is 0 Å². The smallest absolute Gasteiger partial charge is 0.224 e. The molecule has 2 N–H and O–H groups in total. The molecule has 0 aliphatic carbocycles. The van der Waals surface area contributed by atoms with E-state index >= 15 is 0 Å². The number of nitrogens with two attached hydrogens (primary N) is 1. The van der Waals surface area contributed by atoms with Gasteiger partial charge in [0.2, 0.25) is 9.84 Å². The van der Waals surface area contributed by atoms with Crippen molar-refractivity contribution in [2.75, 3.05) is 0 Å². The maximum absolute atomic E-state index is 13.0. The topological polar surface area (TPSA) is 78.0 Å². The Hall–Kier alpha value is -1.08. The van der Waals surface area contributed by atoms with Crippen LogP contribution in [0.1, 0.15) is 31.3 Å². The second kappa shape index (κ2) is 6.20. The van der Waals surface area contributed by atoms with E-state index in [4.69, 9.17) is 28.9 Å². The summed E-state index contributed by atoms with van der Waals surface area (Å²) in [5.41, 5.74) is 6.13. The lowest BCUT2D eigenvalue weighted by atomic mass is 10.2. The van der Waals surface area contributed by atoms with Crippen LogP contribution < -0.4 is 5.73 Å². The van der Waals surface area contributed by atoms with Crippen LogP contribution in [0.3, 0.4) is 0 Å². The third-order valence-corrected chi connectivity index (χ3v) is 5.58. The summed E-state index contributed by atoms with van der Waals surface area (Å²) in [7, 11) is -2.16. The van der Waals surface area contributed by atoms with Crippen molar-refractivity contribution in [1.82, 2.24) is 9.55 Å². The van der Waals surface area contributed by atoms with Crippen LogP contribution in [0.5, 0.6) is 0 Å². The fourth-order valence-corrected chi connectivity index (χ4v) is 4.69. The Kier molecular flexibility index (Phi) is 4.87. The van der Waals surface area contributed by atoms with Crippen LogP contribution >= 0.6 is 23.2 Å². The predicted octanol–water partition coefficient (Wildman–Crippen LogP) is 3.14. The van der Waals surface area contributed by atoms with Gasteiger partial charge in [0.15, 0.2) is 5.03 Å². The maximum atomic E-state index is 13.0. The van der Waals surface area contributed by atoms with Gasteiger partial charge in [-0.2, -0.15) is 0 Å². The molecule has 1 heterocycles. The van der Waals surface area contributed by atoms with Gasteiger partial charge in [0, 0.05) is 17.1 Å². The zero-order chi connectivity index (χ0) is 16.7. The molecule has 0 saturated heterocycles. The molecule has 1 aromatic carbocycles. The number of rotatable bonds is 4. The number of nitrogens with zero attached hydrogens (tertiary/aromatic N) is 2. The summed E-state index contributed by atoms with van der Waals surface area (Å²) in [5.74, 6) is 0.446. The zero-order valence-electron chi connectivity index (χ0n) is 12.5. The summed E-state index contributed by atoms with van der Waals surface area (Å²) < 4.78 is 27.5. The second-order valence-electron chi connectivity index (χ2n) is 5.24. The van der Waals surface area contributed by atoms with E-state index in [-0.39, 0.29) is 32.4 Å². The van der Waals surface area contributed by atoms with E-state index < -0.39 is 9.84 Å². The van der Waals surface area contributed by atoms with Crippen molar-refractivity contribution in [3.63, 3.8) is 0 Å². The molecule has 1 aromatic heterocycles. The van der Waals surface area contributed by atoms with E-state index in [1.165, 1.54) is 22.8 Å². The highest BCUT2D eigenvalue weighted by Crippen LogP contribution is 2.31. The third kappa shape index (κ3) is 3.01. The number of benzene rings is 1. The molecule has 22 heavy (non-hydrogen) atoms. The van der Waals surface area contributed by atoms with Crippen molar-refractivity contribution >= 4 is 33.0 Å². The summed E-state index contributed by atoms with van der Waals surface area (Å²) in [6.07, 6.45) is 0. The molecule has 0 fully saturated rings. The molecule has 0 amide bonds. The highest BCUT2D eigenvalue weighted by molar-refractivity contribution is 7.91. The first kappa shape index (κ1) is 17.3. The molecule has 2 rings (SSSR count). The fraction of sp³-hybridized carbons (Fsp3) is 0.357. The molecule has 120 valence electrons. The first-order chi connectivity index (χ1) is 10.2. The van der Waals surface area contributed by atoms with Gasteiger partial charge in [0.25, 0.3) is 0 Å². The Bertz CT molecular complexity index is 793. The van der Waals surface area contributed by atoms with Crippen molar-refractivity contribution < 1.29 is 8.42 Å². The minimum Gasteiger partial charge on any atom is -0.324 e. The Labute approximate surface area is 140 Å². The first-order valence-electron chi connectivity index (χ1n) is 6.65. The van der Waals surface area contributed by atoms with E-state index in [0.717, 1.165) is 0 Å². The van der Waals surface area contributed by atoms with Gasteiger partial charge in [0.1, 0.15) is 5.82 Å². The third-order valence-electron chi connectivity index (χ3n) is 3.29. The van der Waals surface area contributed by atoms with Crippen LogP contribution in [0.15, 0.2) is 28.1 Å². The summed E-state index contributed by atoms with van der Waals surface area (Å²) >= 11 is 11.9. The molecule has 5 nitrogen and oxygen atoms in total. The summed E-state index contributed by atoms with van der Waals surface area (Å²) in [4.78, 5) is 4.40. The molecule has 0 radical (unpaired) electrons. The predicted molar refractivity (Wildman–Crippen MR) is 87.1 cm³/mol. The standard InChI is InChI=1S/C14H17Cl2N3O2S/c1-8(2)13-14(19(3)12(7-17)18-13)22(20,21)11-5-9(15)4-10(16)6-11/h4-6,8H,7,17H2,1-3H3. The molecule has 8 heteroatoms. The summed E-state index contributed by atoms with van der Waals surface area (Å²) in [6, 6.07) is 4.24. The second-order valence-corrected chi connectivity index (χ2v) is 7.98. The van der Waals surface area contributed by atoms with Crippen LogP contribution in [0.25, 0.3) is 0 Å². The van der Waals surface area contributed by atoms with Gasteiger partial charge in [-0.05, 0) is 24.1 Å². The number of halogens is 2. The highest BCUT2D eigenvalue weighted by Gasteiger charge is 2.29. The molecule has 0 spiro atoms. The molecule has 0 aliphatic heterocycles. The van der Waals surface area contributed by atoms with Crippen molar-refractivity contribution in [3.8, 4) is 0 Å². The molecule has 0 bridgehead atoms. The van der Waals surface area contributed by atoms with Crippen LogP contribution in [-0.4, -0.2) is 18.0 Å². The Morgan fingerprint density at radius 3 is 2.23 bits per heavy atom. The zero-order valence-corrected chi connectivity index (χ0v) is 14.8. The van der Waals surface area contributed by atoms with Crippen molar-refractivity contribution in [3.05, 3.63) is 39.8 Å². The quantitative estimate of drug-likeness (QED) is 0.906. The van der Waals surface area contributed by atoms with Gasteiger partial charge in [0.05, 0.1) is 17.1 Å². The largest absolute Gasteiger partial charge is 0.324 e.